The molecule has 0 radical (unpaired) electrons. The second-order valence-electron chi connectivity index (χ2n) is 6.63. The molecule has 7 nitrogen and oxygen atoms in total. The number of aromatic nitrogens is 5. The third kappa shape index (κ3) is 1.83. The fourth-order valence-electron chi connectivity index (χ4n) is 4.06. The second kappa shape index (κ2) is 4.37. The molecule has 21 heavy (non-hydrogen) atoms. The van der Waals surface area contributed by atoms with Gasteiger partial charge in [0.15, 0.2) is 11.5 Å². The second-order valence-corrected chi connectivity index (χ2v) is 6.63. The summed E-state index contributed by atoms with van der Waals surface area (Å²) >= 11 is 0. The maximum absolute atomic E-state index is 5.42. The lowest BCUT2D eigenvalue weighted by molar-refractivity contribution is 0.313. The van der Waals surface area contributed by atoms with Gasteiger partial charge in [0.25, 0.3) is 5.89 Å². The summed E-state index contributed by atoms with van der Waals surface area (Å²) < 4.78 is 7.31. The number of hydrogen-bond acceptors (Lipinski definition) is 6. The Kier molecular flexibility index (Phi) is 2.46. The van der Waals surface area contributed by atoms with Crippen molar-refractivity contribution >= 4 is 0 Å². The molecule has 0 spiro atoms. The average molecular weight is 286 g/mol. The molecule has 1 N–H and O–H groups in total. The summed E-state index contributed by atoms with van der Waals surface area (Å²) in [5.74, 6) is 3.52. The monoisotopic (exact) mass is 286 g/mol. The van der Waals surface area contributed by atoms with Crippen LogP contribution in [0.5, 0.6) is 0 Å². The minimum Gasteiger partial charge on any atom is -0.332 e. The topological polar surface area (TPSA) is 81.7 Å². The van der Waals surface area contributed by atoms with Crippen molar-refractivity contribution in [2.75, 3.05) is 13.1 Å². The summed E-state index contributed by atoms with van der Waals surface area (Å²) in [5, 5.41) is 15.8. The molecular weight excluding hydrogens is 268 g/mol. The molecule has 2 saturated carbocycles. The molecule has 1 aliphatic heterocycles. The van der Waals surface area contributed by atoms with Crippen molar-refractivity contribution in [1.29, 1.82) is 0 Å². The molecule has 2 aliphatic carbocycles. The SMILES string of the molecule is c1c(-c2nc(C3CC4CCC3C4)no2)nnn1C1CNC1. The molecule has 3 fully saturated rings. The van der Waals surface area contributed by atoms with E-state index in [1.165, 1.54) is 25.7 Å². The summed E-state index contributed by atoms with van der Waals surface area (Å²) in [5.41, 5.74) is 0.684. The lowest BCUT2D eigenvalue weighted by Crippen LogP contribution is -2.43. The molecule has 0 amide bonds. The van der Waals surface area contributed by atoms with Crippen LogP contribution in [0.3, 0.4) is 0 Å². The minimum absolute atomic E-state index is 0.402. The number of rotatable bonds is 3. The summed E-state index contributed by atoms with van der Waals surface area (Å²) in [6.07, 6.45) is 7.19. The predicted octanol–water partition coefficient (Wildman–Crippen LogP) is 1.38. The van der Waals surface area contributed by atoms with Gasteiger partial charge in [0.05, 0.1) is 12.2 Å². The van der Waals surface area contributed by atoms with Gasteiger partial charge in [0.1, 0.15) is 0 Å². The quantitative estimate of drug-likeness (QED) is 0.918. The lowest BCUT2D eigenvalue weighted by Gasteiger charge is -2.26. The Morgan fingerprint density at radius 2 is 2.19 bits per heavy atom. The lowest BCUT2D eigenvalue weighted by atomic mass is 9.88. The van der Waals surface area contributed by atoms with E-state index in [1.807, 2.05) is 10.9 Å². The van der Waals surface area contributed by atoms with Crippen molar-refractivity contribution in [3.8, 4) is 11.6 Å². The fourth-order valence-corrected chi connectivity index (χ4v) is 4.06. The van der Waals surface area contributed by atoms with Gasteiger partial charge in [-0.3, -0.25) is 0 Å². The maximum Gasteiger partial charge on any atom is 0.280 e. The highest BCUT2D eigenvalue weighted by Crippen LogP contribution is 2.52. The van der Waals surface area contributed by atoms with Gasteiger partial charge < -0.3 is 9.84 Å². The van der Waals surface area contributed by atoms with E-state index in [-0.39, 0.29) is 0 Å². The maximum atomic E-state index is 5.42. The number of fused-ring (bicyclic) bond motifs is 2. The van der Waals surface area contributed by atoms with Crippen LogP contribution in [-0.4, -0.2) is 38.2 Å². The van der Waals surface area contributed by atoms with Crippen LogP contribution in [0.15, 0.2) is 10.7 Å². The normalized spacial score (nSPS) is 31.7. The first kappa shape index (κ1) is 11.9. The Bertz CT molecular complexity index is 660. The highest BCUT2D eigenvalue weighted by atomic mass is 16.5. The van der Waals surface area contributed by atoms with Gasteiger partial charge in [-0.1, -0.05) is 16.8 Å². The van der Waals surface area contributed by atoms with Gasteiger partial charge in [0, 0.05) is 19.0 Å². The zero-order valence-corrected chi connectivity index (χ0v) is 11.8. The Hall–Kier alpha value is -1.76. The largest absolute Gasteiger partial charge is 0.332 e. The summed E-state index contributed by atoms with van der Waals surface area (Å²) in [7, 11) is 0. The Morgan fingerprint density at radius 3 is 2.90 bits per heavy atom. The first-order valence-electron chi connectivity index (χ1n) is 7.83. The van der Waals surface area contributed by atoms with E-state index < -0.39 is 0 Å². The zero-order chi connectivity index (χ0) is 13.8. The van der Waals surface area contributed by atoms with E-state index in [0.717, 1.165) is 30.7 Å². The summed E-state index contributed by atoms with van der Waals surface area (Å²) in [6.45, 7) is 1.89. The van der Waals surface area contributed by atoms with Gasteiger partial charge >= 0.3 is 0 Å². The number of hydrogen-bond donors (Lipinski definition) is 1. The fraction of sp³-hybridized carbons (Fsp3) is 0.714. The highest BCUT2D eigenvalue weighted by Gasteiger charge is 2.42. The van der Waals surface area contributed by atoms with Gasteiger partial charge in [-0.25, -0.2) is 4.68 Å². The van der Waals surface area contributed by atoms with Gasteiger partial charge in [-0.05, 0) is 31.1 Å². The Morgan fingerprint density at radius 1 is 1.24 bits per heavy atom. The molecule has 5 rings (SSSR count). The van der Waals surface area contributed by atoms with E-state index >= 15 is 0 Å². The molecule has 2 aromatic rings. The standard InChI is InChI=1S/C14H18N6O/c1-2-9-3-8(1)4-11(9)13-16-14(21-18-13)12-7-20(19-17-12)10-5-15-6-10/h7-11,15H,1-6H2. The van der Waals surface area contributed by atoms with Crippen LogP contribution in [0.25, 0.3) is 11.6 Å². The van der Waals surface area contributed by atoms with E-state index in [2.05, 4.69) is 25.8 Å². The van der Waals surface area contributed by atoms with Gasteiger partial charge in [-0.15, -0.1) is 5.10 Å². The molecule has 3 aliphatic rings. The first-order chi connectivity index (χ1) is 10.4. The van der Waals surface area contributed by atoms with Crippen LogP contribution in [0.4, 0.5) is 0 Å². The average Bonchev–Trinajstić information content (AvgIpc) is 3.20. The molecule has 3 unspecified atom stereocenters. The molecule has 2 bridgehead atoms. The van der Waals surface area contributed by atoms with Crippen LogP contribution in [-0.2, 0) is 0 Å². The third-order valence-electron chi connectivity index (χ3n) is 5.37. The van der Waals surface area contributed by atoms with Gasteiger partial charge in [-0.2, -0.15) is 4.98 Å². The predicted molar refractivity (Wildman–Crippen MR) is 73.4 cm³/mol. The van der Waals surface area contributed by atoms with E-state index in [1.54, 1.807) is 0 Å². The van der Waals surface area contributed by atoms with Crippen LogP contribution in [0.2, 0.25) is 0 Å². The van der Waals surface area contributed by atoms with E-state index in [9.17, 15) is 0 Å². The van der Waals surface area contributed by atoms with Crippen LogP contribution < -0.4 is 5.32 Å². The van der Waals surface area contributed by atoms with Crippen molar-refractivity contribution in [2.45, 2.75) is 37.6 Å². The van der Waals surface area contributed by atoms with Crippen LogP contribution in [0, 0.1) is 11.8 Å². The molecule has 1 saturated heterocycles. The number of nitrogens with zero attached hydrogens (tertiary/aromatic N) is 5. The molecular formula is C14H18N6O. The Balaban J connectivity index is 1.39. The summed E-state index contributed by atoms with van der Waals surface area (Å²) in [4.78, 5) is 4.59. The number of nitrogens with one attached hydrogen (secondary N) is 1. The van der Waals surface area contributed by atoms with Crippen molar-refractivity contribution in [3.05, 3.63) is 12.0 Å². The first-order valence-corrected chi connectivity index (χ1v) is 7.83. The van der Waals surface area contributed by atoms with E-state index in [4.69, 9.17) is 4.52 Å². The molecule has 110 valence electrons. The minimum atomic E-state index is 0.402. The Labute approximate surface area is 122 Å². The van der Waals surface area contributed by atoms with Gasteiger partial charge in [0.2, 0.25) is 0 Å². The molecule has 7 heteroatoms. The zero-order valence-electron chi connectivity index (χ0n) is 11.8. The van der Waals surface area contributed by atoms with Crippen molar-refractivity contribution in [3.63, 3.8) is 0 Å². The molecule has 0 aromatic carbocycles. The molecule has 3 heterocycles. The summed E-state index contributed by atoms with van der Waals surface area (Å²) in [6, 6.07) is 0.402. The van der Waals surface area contributed by atoms with Crippen molar-refractivity contribution in [2.24, 2.45) is 11.8 Å². The van der Waals surface area contributed by atoms with Crippen molar-refractivity contribution < 1.29 is 4.52 Å². The van der Waals surface area contributed by atoms with Crippen molar-refractivity contribution in [1.82, 2.24) is 30.5 Å². The van der Waals surface area contributed by atoms with E-state index in [0.29, 0.717) is 23.5 Å². The van der Waals surface area contributed by atoms with Crippen LogP contribution in [0.1, 0.15) is 43.5 Å². The van der Waals surface area contributed by atoms with Crippen LogP contribution >= 0.6 is 0 Å². The highest BCUT2D eigenvalue weighted by molar-refractivity contribution is 5.43. The third-order valence-corrected chi connectivity index (χ3v) is 5.37. The molecule has 3 atom stereocenters. The smallest absolute Gasteiger partial charge is 0.280 e. The molecule has 2 aromatic heterocycles.